The van der Waals surface area contributed by atoms with Crippen LogP contribution >= 0.6 is 0 Å². The molecule has 0 aliphatic rings. The predicted molar refractivity (Wildman–Crippen MR) is 62.8 cm³/mol. The highest BCUT2D eigenvalue weighted by molar-refractivity contribution is 5.63. The van der Waals surface area contributed by atoms with Crippen LogP contribution in [0.3, 0.4) is 0 Å². The zero-order valence-electron chi connectivity index (χ0n) is 8.54. The lowest BCUT2D eigenvalue weighted by atomic mass is 10.1. The van der Waals surface area contributed by atoms with Crippen LogP contribution in [0.1, 0.15) is 0 Å². The Kier molecular flexibility index (Phi) is 1.86. The van der Waals surface area contributed by atoms with Gasteiger partial charge in [-0.3, -0.25) is 4.40 Å². The lowest BCUT2D eigenvalue weighted by Crippen LogP contribution is -1.83. The van der Waals surface area contributed by atoms with E-state index in [9.17, 15) is 0 Å². The first-order valence-electron chi connectivity index (χ1n) is 4.98. The molecule has 0 amide bonds. The molecule has 2 aromatic heterocycles. The zero-order valence-corrected chi connectivity index (χ0v) is 8.54. The van der Waals surface area contributed by atoms with Crippen molar-refractivity contribution in [1.82, 2.24) is 14.4 Å². The third-order valence-electron chi connectivity index (χ3n) is 2.44. The Balaban J connectivity index is 2.15. The molecule has 0 radical (unpaired) electrons. The molecular weight excluding hydrogens is 200 g/mol. The summed E-state index contributed by atoms with van der Waals surface area (Å²) in [5.74, 6) is 0.703. The van der Waals surface area contributed by atoms with E-state index in [4.69, 9.17) is 5.73 Å². The van der Waals surface area contributed by atoms with E-state index < -0.39 is 0 Å². The van der Waals surface area contributed by atoms with Crippen LogP contribution in [0.5, 0.6) is 0 Å². The summed E-state index contributed by atoms with van der Waals surface area (Å²) in [7, 11) is 0. The molecule has 0 aliphatic heterocycles. The maximum absolute atomic E-state index is 5.64. The number of hydrogen-bond acceptors (Lipinski definition) is 3. The lowest BCUT2D eigenvalue weighted by molar-refractivity contribution is 1.11. The Morgan fingerprint density at radius 2 is 1.94 bits per heavy atom. The van der Waals surface area contributed by atoms with Crippen molar-refractivity contribution in [2.24, 2.45) is 0 Å². The normalized spacial score (nSPS) is 10.8. The molecule has 0 saturated heterocycles. The monoisotopic (exact) mass is 210 g/mol. The number of nitrogen functional groups attached to an aromatic ring is 1. The fourth-order valence-electron chi connectivity index (χ4n) is 1.62. The molecule has 3 rings (SSSR count). The summed E-state index contributed by atoms with van der Waals surface area (Å²) in [6.45, 7) is 0. The van der Waals surface area contributed by atoms with E-state index >= 15 is 0 Å². The molecule has 0 spiro atoms. The summed E-state index contributed by atoms with van der Waals surface area (Å²) in [5.41, 5.74) is 8.34. The van der Waals surface area contributed by atoms with Gasteiger partial charge >= 0.3 is 0 Å². The average molecular weight is 210 g/mol. The van der Waals surface area contributed by atoms with Crippen molar-refractivity contribution in [1.29, 1.82) is 0 Å². The number of hydrogen-bond donors (Lipinski definition) is 1. The van der Waals surface area contributed by atoms with Gasteiger partial charge in [0.2, 0.25) is 5.78 Å². The van der Waals surface area contributed by atoms with Crippen molar-refractivity contribution in [3.63, 3.8) is 0 Å². The van der Waals surface area contributed by atoms with Gasteiger partial charge in [0.05, 0.1) is 5.69 Å². The second kappa shape index (κ2) is 3.34. The third kappa shape index (κ3) is 1.40. The maximum atomic E-state index is 5.64. The molecule has 0 saturated carbocycles. The molecular formula is C12H10N4. The van der Waals surface area contributed by atoms with Gasteiger partial charge in [-0.2, -0.15) is 0 Å². The Hall–Kier alpha value is -2.36. The van der Waals surface area contributed by atoms with Gasteiger partial charge in [-0.1, -0.05) is 12.1 Å². The summed E-state index contributed by atoms with van der Waals surface area (Å²) in [6, 6.07) is 9.52. The number of nitrogens with zero attached hydrogens (tertiary/aromatic N) is 3. The smallest absolute Gasteiger partial charge is 0.234 e. The number of aromatic nitrogens is 3. The third-order valence-corrected chi connectivity index (χ3v) is 2.44. The van der Waals surface area contributed by atoms with Crippen LogP contribution in [-0.2, 0) is 0 Å². The minimum Gasteiger partial charge on any atom is -0.399 e. The van der Waals surface area contributed by atoms with E-state index in [-0.39, 0.29) is 0 Å². The fourth-order valence-corrected chi connectivity index (χ4v) is 1.62. The molecule has 0 aliphatic carbocycles. The molecule has 0 atom stereocenters. The van der Waals surface area contributed by atoms with Crippen LogP contribution < -0.4 is 5.73 Å². The highest BCUT2D eigenvalue weighted by Gasteiger charge is 2.03. The second-order valence-electron chi connectivity index (χ2n) is 3.58. The van der Waals surface area contributed by atoms with Crippen molar-refractivity contribution in [3.8, 4) is 11.3 Å². The van der Waals surface area contributed by atoms with Crippen molar-refractivity contribution >= 4 is 11.5 Å². The standard InChI is InChI=1S/C12H10N4/c13-10-4-2-9(3-5-10)11-8-16-7-1-6-14-12(16)15-11/h1-8H,13H2. The predicted octanol–water partition coefficient (Wildman–Crippen LogP) is 1.98. The maximum Gasteiger partial charge on any atom is 0.234 e. The minimum absolute atomic E-state index is 0.703. The minimum atomic E-state index is 0.703. The van der Waals surface area contributed by atoms with Gasteiger partial charge < -0.3 is 5.73 Å². The highest BCUT2D eigenvalue weighted by Crippen LogP contribution is 2.19. The number of nitrogens with two attached hydrogens (primary N) is 1. The van der Waals surface area contributed by atoms with Crippen LogP contribution in [0.15, 0.2) is 48.9 Å². The Bertz CT molecular complexity index is 592. The van der Waals surface area contributed by atoms with Crippen molar-refractivity contribution < 1.29 is 0 Å². The topological polar surface area (TPSA) is 56.2 Å². The van der Waals surface area contributed by atoms with Gasteiger partial charge in [0.25, 0.3) is 0 Å². The Labute approximate surface area is 92.4 Å². The molecule has 1 aromatic carbocycles. The molecule has 0 bridgehead atoms. The summed E-state index contributed by atoms with van der Waals surface area (Å²) in [4.78, 5) is 8.60. The van der Waals surface area contributed by atoms with Crippen molar-refractivity contribution in [2.45, 2.75) is 0 Å². The SMILES string of the molecule is Nc1ccc(-c2cn3cccnc3n2)cc1. The molecule has 4 nitrogen and oxygen atoms in total. The van der Waals surface area contributed by atoms with Crippen molar-refractivity contribution in [3.05, 3.63) is 48.9 Å². The quantitative estimate of drug-likeness (QED) is 0.625. The van der Waals surface area contributed by atoms with Gasteiger partial charge in [0.1, 0.15) is 0 Å². The summed E-state index contributed by atoms with van der Waals surface area (Å²) >= 11 is 0. The van der Waals surface area contributed by atoms with Gasteiger partial charge in [0.15, 0.2) is 0 Å². The number of benzene rings is 1. The highest BCUT2D eigenvalue weighted by atomic mass is 15.1. The van der Waals surface area contributed by atoms with Crippen LogP contribution in [-0.4, -0.2) is 14.4 Å². The summed E-state index contributed by atoms with van der Waals surface area (Å²) in [6.07, 6.45) is 5.61. The molecule has 16 heavy (non-hydrogen) atoms. The number of anilines is 1. The zero-order chi connectivity index (χ0) is 11.0. The molecule has 2 N–H and O–H groups in total. The van der Waals surface area contributed by atoms with E-state index in [1.54, 1.807) is 6.20 Å². The van der Waals surface area contributed by atoms with Gasteiger partial charge in [-0.25, -0.2) is 9.97 Å². The number of rotatable bonds is 1. The molecule has 0 fully saturated rings. The van der Waals surface area contributed by atoms with E-state index in [1.165, 1.54) is 0 Å². The molecule has 0 unspecified atom stereocenters. The Morgan fingerprint density at radius 3 is 2.69 bits per heavy atom. The van der Waals surface area contributed by atoms with E-state index in [0.29, 0.717) is 5.78 Å². The van der Waals surface area contributed by atoms with E-state index in [1.807, 2.05) is 47.1 Å². The second-order valence-corrected chi connectivity index (χ2v) is 3.58. The molecule has 2 heterocycles. The van der Waals surface area contributed by atoms with Crippen LogP contribution in [0.4, 0.5) is 5.69 Å². The fraction of sp³-hybridized carbons (Fsp3) is 0. The van der Waals surface area contributed by atoms with E-state index in [2.05, 4.69) is 9.97 Å². The van der Waals surface area contributed by atoms with E-state index in [0.717, 1.165) is 16.9 Å². The largest absolute Gasteiger partial charge is 0.399 e. The molecule has 78 valence electrons. The molecule has 4 heteroatoms. The van der Waals surface area contributed by atoms with Gasteiger partial charge in [-0.15, -0.1) is 0 Å². The number of fused-ring (bicyclic) bond motifs is 1. The van der Waals surface area contributed by atoms with Crippen LogP contribution in [0.25, 0.3) is 17.0 Å². The summed E-state index contributed by atoms with van der Waals surface area (Å²) < 4.78 is 1.89. The lowest BCUT2D eigenvalue weighted by Gasteiger charge is -1.95. The first-order chi connectivity index (χ1) is 7.83. The van der Waals surface area contributed by atoms with Gasteiger partial charge in [0, 0.05) is 29.8 Å². The molecule has 3 aromatic rings. The van der Waals surface area contributed by atoms with Gasteiger partial charge in [-0.05, 0) is 18.2 Å². The Morgan fingerprint density at radius 1 is 1.12 bits per heavy atom. The first-order valence-corrected chi connectivity index (χ1v) is 4.98. The first kappa shape index (κ1) is 8.91. The summed E-state index contributed by atoms with van der Waals surface area (Å²) in [5, 5.41) is 0. The van der Waals surface area contributed by atoms with Crippen LogP contribution in [0, 0.1) is 0 Å². The van der Waals surface area contributed by atoms with Crippen molar-refractivity contribution in [2.75, 3.05) is 5.73 Å². The van der Waals surface area contributed by atoms with Crippen LogP contribution in [0.2, 0.25) is 0 Å². The average Bonchev–Trinajstić information content (AvgIpc) is 2.73. The number of imidazole rings is 1.